The van der Waals surface area contributed by atoms with Crippen LogP contribution in [0.5, 0.6) is 0 Å². The van der Waals surface area contributed by atoms with Gasteiger partial charge in [0.25, 0.3) is 5.69 Å². The molecule has 0 aliphatic heterocycles. The van der Waals surface area contributed by atoms with Crippen molar-refractivity contribution in [2.24, 2.45) is 0 Å². The van der Waals surface area contributed by atoms with Crippen LogP contribution in [0.1, 0.15) is 6.92 Å². The predicted molar refractivity (Wildman–Crippen MR) is 63.0 cm³/mol. The molecule has 1 aromatic rings. The van der Waals surface area contributed by atoms with E-state index in [1.165, 1.54) is 0 Å². The van der Waals surface area contributed by atoms with Gasteiger partial charge in [-0.05, 0) is 25.2 Å². The number of hydrogen-bond acceptors (Lipinski definition) is 3. The molecule has 0 amide bonds. The highest BCUT2D eigenvalue weighted by Crippen LogP contribution is 2.20. The van der Waals surface area contributed by atoms with Gasteiger partial charge < -0.3 is 10.6 Å². The summed E-state index contributed by atoms with van der Waals surface area (Å²) in [4.78, 5) is 9.89. The molecule has 0 bridgehead atoms. The third kappa shape index (κ3) is 3.13. The Bertz CT molecular complexity index is 425. The summed E-state index contributed by atoms with van der Waals surface area (Å²) in [6.07, 6.45) is 0. The summed E-state index contributed by atoms with van der Waals surface area (Å²) >= 11 is 4.85. The van der Waals surface area contributed by atoms with Gasteiger partial charge in [0.15, 0.2) is 5.11 Å². The Hall–Kier alpha value is -1.76. The number of nitrogens with one attached hydrogen (secondary N) is 2. The van der Waals surface area contributed by atoms with Gasteiger partial charge in [-0.2, -0.15) is 0 Å². The van der Waals surface area contributed by atoms with Crippen molar-refractivity contribution in [2.45, 2.75) is 6.92 Å². The number of nitro benzene ring substituents is 1. The highest BCUT2D eigenvalue weighted by Gasteiger charge is 2.11. The van der Waals surface area contributed by atoms with Crippen LogP contribution >= 0.6 is 12.2 Å². The molecule has 0 radical (unpaired) electrons. The van der Waals surface area contributed by atoms with Gasteiger partial charge in [0.2, 0.25) is 0 Å². The number of nitro groups is 1. The maximum atomic E-state index is 13.3. The maximum Gasteiger partial charge on any atom is 0.271 e. The zero-order chi connectivity index (χ0) is 12.1. The average molecular weight is 243 g/mol. The van der Waals surface area contributed by atoms with Crippen LogP contribution in [0.2, 0.25) is 0 Å². The van der Waals surface area contributed by atoms with E-state index in [1.54, 1.807) is 0 Å². The van der Waals surface area contributed by atoms with Crippen molar-refractivity contribution in [1.29, 1.82) is 0 Å². The molecule has 0 aliphatic rings. The van der Waals surface area contributed by atoms with E-state index in [0.717, 1.165) is 18.2 Å². The van der Waals surface area contributed by atoms with Crippen LogP contribution in [-0.4, -0.2) is 16.6 Å². The molecule has 0 saturated carbocycles. The van der Waals surface area contributed by atoms with Crippen LogP contribution in [0.3, 0.4) is 0 Å². The first-order valence-electron chi connectivity index (χ1n) is 4.53. The van der Waals surface area contributed by atoms with Crippen molar-refractivity contribution in [3.05, 3.63) is 34.1 Å². The van der Waals surface area contributed by atoms with E-state index >= 15 is 0 Å². The summed E-state index contributed by atoms with van der Waals surface area (Å²) in [5.74, 6) is -0.592. The van der Waals surface area contributed by atoms with Crippen molar-refractivity contribution in [3.8, 4) is 0 Å². The zero-order valence-electron chi connectivity index (χ0n) is 8.49. The molecule has 0 unspecified atom stereocenters. The second-order valence-corrected chi connectivity index (χ2v) is 3.31. The monoisotopic (exact) mass is 243 g/mol. The van der Waals surface area contributed by atoms with E-state index in [4.69, 9.17) is 12.2 Å². The van der Waals surface area contributed by atoms with Crippen LogP contribution in [0.15, 0.2) is 18.2 Å². The first-order chi connectivity index (χ1) is 7.54. The first-order valence-corrected chi connectivity index (χ1v) is 4.94. The molecule has 0 atom stereocenters. The van der Waals surface area contributed by atoms with Crippen molar-refractivity contribution in [3.63, 3.8) is 0 Å². The third-order valence-electron chi connectivity index (χ3n) is 1.75. The fourth-order valence-electron chi connectivity index (χ4n) is 1.05. The Morgan fingerprint density at radius 2 is 2.31 bits per heavy atom. The number of thiocarbonyl (C=S) groups is 1. The van der Waals surface area contributed by atoms with Gasteiger partial charge >= 0.3 is 0 Å². The number of anilines is 1. The lowest BCUT2D eigenvalue weighted by Crippen LogP contribution is -2.28. The van der Waals surface area contributed by atoms with Crippen molar-refractivity contribution < 1.29 is 9.31 Å². The molecule has 0 spiro atoms. The molecule has 1 aromatic carbocycles. The molecule has 7 heteroatoms. The fourth-order valence-corrected chi connectivity index (χ4v) is 1.30. The molecule has 5 nitrogen and oxygen atoms in total. The summed E-state index contributed by atoms with van der Waals surface area (Å²) in [5.41, 5.74) is -0.205. The van der Waals surface area contributed by atoms with E-state index < -0.39 is 10.7 Å². The van der Waals surface area contributed by atoms with Crippen molar-refractivity contribution in [1.82, 2.24) is 5.32 Å². The molecular formula is C9H10FN3O2S. The first kappa shape index (κ1) is 12.3. The van der Waals surface area contributed by atoms with Gasteiger partial charge in [0.05, 0.1) is 10.6 Å². The van der Waals surface area contributed by atoms with Gasteiger partial charge in [0.1, 0.15) is 5.82 Å². The van der Waals surface area contributed by atoms with Crippen LogP contribution < -0.4 is 10.6 Å². The Morgan fingerprint density at radius 3 is 2.88 bits per heavy atom. The molecule has 16 heavy (non-hydrogen) atoms. The quantitative estimate of drug-likeness (QED) is 0.483. The van der Waals surface area contributed by atoms with E-state index in [9.17, 15) is 14.5 Å². The van der Waals surface area contributed by atoms with Crippen LogP contribution in [0.4, 0.5) is 15.8 Å². The highest BCUT2D eigenvalue weighted by atomic mass is 32.1. The smallest absolute Gasteiger partial charge is 0.271 e. The SMILES string of the molecule is CCNC(=S)Nc1cc([N+](=O)[O-])ccc1F. The topological polar surface area (TPSA) is 67.2 Å². The number of nitrogens with zero attached hydrogens (tertiary/aromatic N) is 1. The second-order valence-electron chi connectivity index (χ2n) is 2.91. The highest BCUT2D eigenvalue weighted by molar-refractivity contribution is 7.80. The van der Waals surface area contributed by atoms with Gasteiger partial charge in [-0.15, -0.1) is 0 Å². The molecule has 0 aliphatic carbocycles. The number of halogens is 1. The minimum absolute atomic E-state index is 0.0137. The number of rotatable bonds is 3. The number of hydrogen-bond donors (Lipinski definition) is 2. The molecule has 1 rings (SSSR count). The van der Waals surface area contributed by atoms with Crippen LogP contribution in [-0.2, 0) is 0 Å². The molecular weight excluding hydrogens is 233 g/mol. The lowest BCUT2D eigenvalue weighted by atomic mass is 10.2. The van der Waals surface area contributed by atoms with Gasteiger partial charge in [0, 0.05) is 18.7 Å². The molecule has 0 saturated heterocycles. The lowest BCUT2D eigenvalue weighted by Gasteiger charge is -2.09. The minimum Gasteiger partial charge on any atom is -0.363 e. The lowest BCUT2D eigenvalue weighted by molar-refractivity contribution is -0.384. The average Bonchev–Trinajstić information content (AvgIpc) is 2.21. The summed E-state index contributed by atoms with van der Waals surface area (Å²) in [5, 5.41) is 16.0. The minimum atomic E-state index is -0.596. The molecule has 0 heterocycles. The standard InChI is InChI=1S/C9H10FN3O2S/c1-2-11-9(16)12-8-5-6(13(14)15)3-4-7(8)10/h3-5H,2H2,1H3,(H2,11,12,16). The summed E-state index contributed by atoms with van der Waals surface area (Å²) in [6, 6.07) is 3.21. The normalized spacial score (nSPS) is 9.62. The molecule has 2 N–H and O–H groups in total. The summed E-state index contributed by atoms with van der Waals surface area (Å²) in [6.45, 7) is 2.42. The van der Waals surface area contributed by atoms with E-state index in [-0.39, 0.29) is 16.5 Å². The third-order valence-corrected chi connectivity index (χ3v) is 1.99. The Kier molecular flexibility index (Phi) is 4.12. The molecule has 0 fully saturated rings. The van der Waals surface area contributed by atoms with Crippen LogP contribution in [0.25, 0.3) is 0 Å². The van der Waals surface area contributed by atoms with E-state index in [2.05, 4.69) is 10.6 Å². The summed E-state index contributed by atoms with van der Waals surface area (Å²) in [7, 11) is 0. The Balaban J connectivity index is 2.90. The Morgan fingerprint density at radius 1 is 1.62 bits per heavy atom. The summed E-state index contributed by atoms with van der Waals surface area (Å²) < 4.78 is 13.3. The maximum absolute atomic E-state index is 13.3. The largest absolute Gasteiger partial charge is 0.363 e. The van der Waals surface area contributed by atoms with Gasteiger partial charge in [-0.3, -0.25) is 10.1 Å². The van der Waals surface area contributed by atoms with Crippen molar-refractivity contribution >= 4 is 28.7 Å². The molecule has 86 valence electrons. The number of non-ortho nitro benzene ring substituents is 1. The predicted octanol–water partition coefficient (Wildman–Crippen LogP) is 2.04. The fraction of sp³-hybridized carbons (Fsp3) is 0.222. The number of benzene rings is 1. The van der Waals surface area contributed by atoms with Crippen LogP contribution in [0, 0.1) is 15.9 Å². The second kappa shape index (κ2) is 5.36. The van der Waals surface area contributed by atoms with Crippen molar-refractivity contribution in [2.75, 3.05) is 11.9 Å². The molecule has 0 aromatic heterocycles. The van der Waals surface area contributed by atoms with Gasteiger partial charge in [-0.1, -0.05) is 0 Å². The van der Waals surface area contributed by atoms with E-state index in [0.29, 0.717) is 6.54 Å². The van der Waals surface area contributed by atoms with E-state index in [1.807, 2.05) is 6.92 Å². The van der Waals surface area contributed by atoms with Gasteiger partial charge in [-0.25, -0.2) is 4.39 Å². The zero-order valence-corrected chi connectivity index (χ0v) is 9.31. The Labute approximate surface area is 96.8 Å².